The van der Waals surface area contributed by atoms with E-state index in [1.165, 1.54) is 6.92 Å². The Morgan fingerprint density at radius 1 is 1.12 bits per heavy atom. The van der Waals surface area contributed by atoms with Crippen LogP contribution in [0.15, 0.2) is 54.6 Å². The van der Waals surface area contributed by atoms with Gasteiger partial charge in [0, 0.05) is 42.0 Å². The number of hydrogen-bond donors (Lipinski definition) is 2. The molecule has 2 aromatic carbocycles. The third kappa shape index (κ3) is 4.47. The molecule has 0 aliphatic rings. The van der Waals surface area contributed by atoms with Crippen LogP contribution in [-0.4, -0.2) is 24.0 Å². The minimum absolute atomic E-state index is 0.0984. The Kier molecular flexibility index (Phi) is 5.14. The molecule has 3 rings (SSSR count). The molecule has 1 amide bonds. The second-order valence-electron chi connectivity index (χ2n) is 5.81. The van der Waals surface area contributed by atoms with Gasteiger partial charge < -0.3 is 15.4 Å². The molecule has 0 spiro atoms. The van der Waals surface area contributed by atoms with E-state index >= 15 is 0 Å². The predicted octanol–water partition coefficient (Wildman–Crippen LogP) is 3.99. The Morgan fingerprint density at radius 3 is 2.80 bits per heavy atom. The summed E-state index contributed by atoms with van der Waals surface area (Å²) in [6.45, 7) is 4.65. The normalized spacial score (nSPS) is 10.5. The Hall–Kier alpha value is -3.08. The van der Waals surface area contributed by atoms with E-state index in [-0.39, 0.29) is 5.91 Å². The van der Waals surface area contributed by atoms with Gasteiger partial charge >= 0.3 is 0 Å². The first-order valence-corrected chi connectivity index (χ1v) is 8.22. The maximum Gasteiger partial charge on any atom is 0.221 e. The van der Waals surface area contributed by atoms with Gasteiger partial charge in [-0.25, -0.2) is 0 Å². The third-order valence-corrected chi connectivity index (χ3v) is 3.68. The molecule has 2 N–H and O–H groups in total. The molecule has 0 fully saturated rings. The van der Waals surface area contributed by atoms with E-state index in [4.69, 9.17) is 4.74 Å². The molecule has 0 aliphatic carbocycles. The lowest BCUT2D eigenvalue weighted by atomic mass is 10.1. The standard InChI is InChI=1S/C20H21N3O2/c1-14-12-20(18-8-3-4-9-19(18)22-14)21-10-11-25-17-7-5-6-16(13-17)23-15(2)24/h3-9,12-13H,10-11H2,1-2H3,(H,21,22)(H,23,24). The first-order chi connectivity index (χ1) is 12.1. The second kappa shape index (κ2) is 7.66. The van der Waals surface area contributed by atoms with Gasteiger partial charge in [-0.15, -0.1) is 0 Å². The van der Waals surface area contributed by atoms with E-state index < -0.39 is 0 Å². The van der Waals surface area contributed by atoms with Crippen LogP contribution in [0.2, 0.25) is 0 Å². The van der Waals surface area contributed by atoms with E-state index in [1.54, 1.807) is 0 Å². The number of carbonyl (C=O) groups is 1. The van der Waals surface area contributed by atoms with E-state index in [2.05, 4.69) is 21.7 Å². The number of benzene rings is 2. The van der Waals surface area contributed by atoms with Gasteiger partial charge in [0.25, 0.3) is 0 Å². The number of pyridine rings is 1. The van der Waals surface area contributed by atoms with Crippen LogP contribution in [-0.2, 0) is 4.79 Å². The minimum Gasteiger partial charge on any atom is -0.492 e. The fourth-order valence-electron chi connectivity index (χ4n) is 2.68. The smallest absolute Gasteiger partial charge is 0.221 e. The molecule has 5 heteroatoms. The van der Waals surface area contributed by atoms with Gasteiger partial charge in [0.15, 0.2) is 0 Å². The molecule has 5 nitrogen and oxygen atoms in total. The second-order valence-corrected chi connectivity index (χ2v) is 5.81. The van der Waals surface area contributed by atoms with Gasteiger partial charge in [0.1, 0.15) is 12.4 Å². The molecule has 25 heavy (non-hydrogen) atoms. The summed E-state index contributed by atoms with van der Waals surface area (Å²) in [4.78, 5) is 15.6. The van der Waals surface area contributed by atoms with Gasteiger partial charge in [-0.05, 0) is 31.2 Å². The lowest BCUT2D eigenvalue weighted by Gasteiger charge is -2.12. The molecule has 0 saturated heterocycles. The van der Waals surface area contributed by atoms with Crippen molar-refractivity contribution in [2.45, 2.75) is 13.8 Å². The highest BCUT2D eigenvalue weighted by Gasteiger charge is 2.03. The molecule has 0 bridgehead atoms. The summed E-state index contributed by atoms with van der Waals surface area (Å²) < 4.78 is 5.76. The van der Waals surface area contributed by atoms with Gasteiger partial charge in [0.05, 0.1) is 5.52 Å². The minimum atomic E-state index is -0.0984. The van der Waals surface area contributed by atoms with Crippen molar-refractivity contribution in [3.63, 3.8) is 0 Å². The number of ether oxygens (including phenoxy) is 1. The summed E-state index contributed by atoms with van der Waals surface area (Å²) in [6.07, 6.45) is 0. The lowest BCUT2D eigenvalue weighted by Crippen LogP contribution is -2.12. The number of amides is 1. The maximum atomic E-state index is 11.1. The monoisotopic (exact) mass is 335 g/mol. The molecule has 0 saturated carbocycles. The number of carbonyl (C=O) groups excluding carboxylic acids is 1. The number of aryl methyl sites for hydroxylation is 1. The molecule has 1 aromatic heterocycles. The van der Waals surface area contributed by atoms with Crippen molar-refractivity contribution in [3.8, 4) is 5.75 Å². The fraction of sp³-hybridized carbons (Fsp3) is 0.200. The van der Waals surface area contributed by atoms with Crippen LogP contribution >= 0.6 is 0 Å². The topological polar surface area (TPSA) is 63.2 Å². The fourth-order valence-corrected chi connectivity index (χ4v) is 2.68. The summed E-state index contributed by atoms with van der Waals surface area (Å²) in [5, 5.41) is 7.26. The van der Waals surface area contributed by atoms with Crippen molar-refractivity contribution in [1.29, 1.82) is 0 Å². The van der Waals surface area contributed by atoms with E-state index in [0.717, 1.165) is 33.7 Å². The Bertz CT molecular complexity index is 893. The highest BCUT2D eigenvalue weighted by molar-refractivity contribution is 5.91. The van der Waals surface area contributed by atoms with Gasteiger partial charge in [-0.3, -0.25) is 9.78 Å². The SMILES string of the molecule is CC(=O)Nc1cccc(OCCNc2cc(C)nc3ccccc23)c1. The summed E-state index contributed by atoms with van der Waals surface area (Å²) in [7, 11) is 0. The molecular weight excluding hydrogens is 314 g/mol. The molecule has 128 valence electrons. The lowest BCUT2D eigenvalue weighted by molar-refractivity contribution is -0.114. The average molecular weight is 335 g/mol. The number of anilines is 2. The number of hydrogen-bond acceptors (Lipinski definition) is 4. The van der Waals surface area contributed by atoms with Crippen molar-refractivity contribution < 1.29 is 9.53 Å². The Balaban J connectivity index is 1.60. The van der Waals surface area contributed by atoms with Gasteiger partial charge in [-0.1, -0.05) is 24.3 Å². The number of rotatable bonds is 6. The van der Waals surface area contributed by atoms with Crippen LogP contribution < -0.4 is 15.4 Å². The quantitative estimate of drug-likeness (QED) is 0.669. The molecule has 0 aliphatic heterocycles. The first kappa shape index (κ1) is 16.8. The van der Waals surface area contributed by atoms with E-state index in [9.17, 15) is 4.79 Å². The van der Waals surface area contributed by atoms with Gasteiger partial charge in [-0.2, -0.15) is 0 Å². The molecule has 0 atom stereocenters. The van der Waals surface area contributed by atoms with Crippen molar-refractivity contribution >= 4 is 28.2 Å². The Labute approximate surface area is 147 Å². The molecule has 0 radical (unpaired) electrons. The van der Waals surface area contributed by atoms with Crippen molar-refractivity contribution in [3.05, 3.63) is 60.3 Å². The molecule has 3 aromatic rings. The number of fused-ring (bicyclic) bond motifs is 1. The molecule has 0 unspecified atom stereocenters. The zero-order valence-corrected chi connectivity index (χ0v) is 14.4. The van der Waals surface area contributed by atoms with Crippen LogP contribution in [0.3, 0.4) is 0 Å². The molecule has 1 heterocycles. The van der Waals surface area contributed by atoms with Gasteiger partial charge in [0.2, 0.25) is 5.91 Å². The summed E-state index contributed by atoms with van der Waals surface area (Å²) >= 11 is 0. The summed E-state index contributed by atoms with van der Waals surface area (Å²) in [6, 6.07) is 17.5. The van der Waals surface area contributed by atoms with Crippen LogP contribution in [0, 0.1) is 6.92 Å². The zero-order valence-electron chi connectivity index (χ0n) is 14.4. The largest absolute Gasteiger partial charge is 0.492 e. The zero-order chi connectivity index (χ0) is 17.6. The van der Waals surface area contributed by atoms with Crippen LogP contribution in [0.5, 0.6) is 5.75 Å². The Morgan fingerprint density at radius 2 is 1.96 bits per heavy atom. The predicted molar refractivity (Wildman–Crippen MR) is 101 cm³/mol. The van der Waals surface area contributed by atoms with Crippen molar-refractivity contribution in [1.82, 2.24) is 4.98 Å². The number of nitrogens with one attached hydrogen (secondary N) is 2. The molecular formula is C20H21N3O2. The van der Waals surface area contributed by atoms with Crippen LogP contribution in [0.25, 0.3) is 10.9 Å². The third-order valence-electron chi connectivity index (χ3n) is 3.68. The summed E-state index contributed by atoms with van der Waals surface area (Å²) in [5.74, 6) is 0.627. The summed E-state index contributed by atoms with van der Waals surface area (Å²) in [5.41, 5.74) is 3.74. The van der Waals surface area contributed by atoms with E-state index in [0.29, 0.717) is 13.2 Å². The highest BCUT2D eigenvalue weighted by atomic mass is 16.5. The number of nitrogens with zero attached hydrogens (tertiary/aromatic N) is 1. The number of aromatic nitrogens is 1. The van der Waals surface area contributed by atoms with E-state index in [1.807, 2.05) is 55.5 Å². The van der Waals surface area contributed by atoms with Crippen LogP contribution in [0.4, 0.5) is 11.4 Å². The average Bonchev–Trinajstić information content (AvgIpc) is 2.58. The first-order valence-electron chi connectivity index (χ1n) is 8.22. The highest BCUT2D eigenvalue weighted by Crippen LogP contribution is 2.23. The number of para-hydroxylation sites is 1. The van der Waals surface area contributed by atoms with Crippen molar-refractivity contribution in [2.75, 3.05) is 23.8 Å². The maximum absolute atomic E-state index is 11.1. The van der Waals surface area contributed by atoms with Crippen molar-refractivity contribution in [2.24, 2.45) is 0 Å². The van der Waals surface area contributed by atoms with Crippen LogP contribution in [0.1, 0.15) is 12.6 Å².